The maximum atomic E-state index is 12.1. The van der Waals surface area contributed by atoms with Crippen LogP contribution in [0.4, 0.5) is 10.5 Å². The largest absolute Gasteiger partial charge is 0.467 e. The second-order valence-corrected chi connectivity index (χ2v) is 6.29. The number of aromatic amines is 1. The highest BCUT2D eigenvalue weighted by atomic mass is 16.6. The van der Waals surface area contributed by atoms with Crippen molar-refractivity contribution in [1.29, 1.82) is 0 Å². The van der Waals surface area contributed by atoms with Crippen molar-refractivity contribution in [2.75, 3.05) is 7.11 Å². The van der Waals surface area contributed by atoms with E-state index in [1.807, 2.05) is 30.3 Å². The Morgan fingerprint density at radius 1 is 1.21 bits per heavy atom. The molecular weight excluding hydrogens is 378 g/mol. The molecule has 2 aromatic carbocycles. The molecule has 0 saturated carbocycles. The van der Waals surface area contributed by atoms with Crippen LogP contribution in [0.3, 0.4) is 0 Å². The molecule has 0 spiro atoms. The van der Waals surface area contributed by atoms with Gasteiger partial charge in [-0.15, -0.1) is 0 Å². The molecule has 29 heavy (non-hydrogen) atoms. The van der Waals surface area contributed by atoms with Gasteiger partial charge in [-0.05, 0) is 17.2 Å². The number of nitro benzene ring substituents is 1. The van der Waals surface area contributed by atoms with Crippen LogP contribution in [0, 0.1) is 10.1 Å². The lowest BCUT2D eigenvalue weighted by atomic mass is 10.0. The van der Waals surface area contributed by atoms with E-state index in [1.54, 1.807) is 12.3 Å². The van der Waals surface area contributed by atoms with Gasteiger partial charge >= 0.3 is 12.1 Å². The number of nitrogens with zero attached hydrogens (tertiary/aromatic N) is 1. The topological polar surface area (TPSA) is 124 Å². The van der Waals surface area contributed by atoms with E-state index < -0.39 is 23.0 Å². The molecule has 0 fully saturated rings. The van der Waals surface area contributed by atoms with Crippen molar-refractivity contribution in [2.45, 2.75) is 19.1 Å². The number of rotatable bonds is 7. The number of hydrogen-bond acceptors (Lipinski definition) is 6. The zero-order valence-corrected chi connectivity index (χ0v) is 15.6. The minimum atomic E-state index is -1.01. The summed E-state index contributed by atoms with van der Waals surface area (Å²) in [5, 5.41) is 14.1. The van der Waals surface area contributed by atoms with Crippen molar-refractivity contribution in [2.24, 2.45) is 0 Å². The summed E-state index contributed by atoms with van der Waals surface area (Å²) in [7, 11) is 1.21. The van der Waals surface area contributed by atoms with Gasteiger partial charge in [-0.2, -0.15) is 0 Å². The van der Waals surface area contributed by atoms with Crippen LogP contribution in [-0.2, 0) is 27.3 Å². The lowest BCUT2D eigenvalue weighted by Crippen LogP contribution is -2.43. The van der Waals surface area contributed by atoms with Crippen LogP contribution in [0.1, 0.15) is 11.1 Å². The summed E-state index contributed by atoms with van der Waals surface area (Å²) < 4.78 is 9.93. The van der Waals surface area contributed by atoms with Gasteiger partial charge in [0.15, 0.2) is 0 Å². The quantitative estimate of drug-likeness (QED) is 0.359. The first-order valence-electron chi connectivity index (χ1n) is 8.77. The molecular formula is C20H19N3O6. The molecule has 9 nitrogen and oxygen atoms in total. The summed E-state index contributed by atoms with van der Waals surface area (Å²) in [6, 6.07) is 12.5. The number of fused-ring (bicyclic) bond motifs is 1. The predicted octanol–water partition coefficient (Wildman–Crippen LogP) is 3.09. The standard InChI is InChI=1S/C20H19N3O6/c1-28-19(24)18(22-20(25)29-12-13-5-3-2-4-6-13)9-14-11-21-17-8-7-15(23(26)27)10-16(14)17/h2-8,10-11,18,21H,9,12H2,1H3,(H,22,25). The van der Waals surface area contributed by atoms with Gasteiger partial charge < -0.3 is 19.8 Å². The predicted molar refractivity (Wildman–Crippen MR) is 104 cm³/mol. The van der Waals surface area contributed by atoms with Gasteiger partial charge in [0.25, 0.3) is 5.69 Å². The average molecular weight is 397 g/mol. The first-order valence-corrected chi connectivity index (χ1v) is 8.77. The Bertz CT molecular complexity index is 1030. The molecule has 1 aromatic heterocycles. The van der Waals surface area contributed by atoms with E-state index in [0.29, 0.717) is 16.5 Å². The third kappa shape index (κ3) is 4.89. The molecule has 0 radical (unpaired) electrons. The van der Waals surface area contributed by atoms with Crippen LogP contribution in [0.25, 0.3) is 10.9 Å². The molecule has 1 unspecified atom stereocenters. The van der Waals surface area contributed by atoms with Gasteiger partial charge in [0, 0.05) is 35.7 Å². The number of ether oxygens (including phenoxy) is 2. The number of non-ortho nitro benzene ring substituents is 1. The Hall–Kier alpha value is -3.88. The van der Waals surface area contributed by atoms with Crippen molar-refractivity contribution in [3.63, 3.8) is 0 Å². The third-order valence-corrected chi connectivity index (χ3v) is 4.38. The lowest BCUT2D eigenvalue weighted by Gasteiger charge is -2.16. The summed E-state index contributed by atoms with van der Waals surface area (Å²) in [6.07, 6.45) is 0.949. The minimum Gasteiger partial charge on any atom is -0.467 e. The maximum Gasteiger partial charge on any atom is 0.408 e. The van der Waals surface area contributed by atoms with E-state index >= 15 is 0 Å². The second-order valence-electron chi connectivity index (χ2n) is 6.29. The molecule has 3 aromatic rings. The number of esters is 1. The number of nitro groups is 1. The van der Waals surface area contributed by atoms with E-state index in [2.05, 4.69) is 10.3 Å². The molecule has 150 valence electrons. The van der Waals surface area contributed by atoms with Crippen LogP contribution >= 0.6 is 0 Å². The van der Waals surface area contributed by atoms with Crippen LogP contribution in [0.2, 0.25) is 0 Å². The molecule has 1 atom stereocenters. The van der Waals surface area contributed by atoms with E-state index in [1.165, 1.54) is 19.2 Å². The fourth-order valence-corrected chi connectivity index (χ4v) is 2.91. The highest BCUT2D eigenvalue weighted by Gasteiger charge is 2.24. The van der Waals surface area contributed by atoms with E-state index in [-0.39, 0.29) is 18.7 Å². The minimum absolute atomic E-state index is 0.0554. The molecule has 1 heterocycles. The highest BCUT2D eigenvalue weighted by molar-refractivity contribution is 5.87. The molecule has 9 heteroatoms. The number of aromatic nitrogens is 1. The Morgan fingerprint density at radius 2 is 1.97 bits per heavy atom. The van der Waals surface area contributed by atoms with Crippen LogP contribution in [0.5, 0.6) is 0 Å². The zero-order valence-electron chi connectivity index (χ0n) is 15.6. The summed E-state index contributed by atoms with van der Waals surface area (Å²) >= 11 is 0. The number of carbonyl (C=O) groups excluding carboxylic acids is 2. The second kappa shape index (κ2) is 8.87. The summed E-state index contributed by atoms with van der Waals surface area (Å²) in [6.45, 7) is 0.0554. The molecule has 0 saturated heterocycles. The molecule has 2 N–H and O–H groups in total. The van der Waals surface area contributed by atoms with Crippen LogP contribution < -0.4 is 5.32 Å². The molecule has 3 rings (SSSR count). The van der Waals surface area contributed by atoms with Crippen molar-refractivity contribution < 1.29 is 24.0 Å². The van der Waals surface area contributed by atoms with Crippen molar-refractivity contribution in [1.82, 2.24) is 10.3 Å². The van der Waals surface area contributed by atoms with Gasteiger partial charge in [-0.3, -0.25) is 10.1 Å². The van der Waals surface area contributed by atoms with Gasteiger partial charge in [0.2, 0.25) is 0 Å². The smallest absolute Gasteiger partial charge is 0.408 e. The molecule has 0 aliphatic rings. The lowest BCUT2D eigenvalue weighted by molar-refractivity contribution is -0.384. The maximum absolute atomic E-state index is 12.1. The van der Waals surface area contributed by atoms with E-state index in [9.17, 15) is 19.7 Å². The fraction of sp³-hybridized carbons (Fsp3) is 0.200. The fourth-order valence-electron chi connectivity index (χ4n) is 2.91. The summed E-state index contributed by atoms with van der Waals surface area (Å²) in [4.78, 5) is 37.8. The number of alkyl carbamates (subject to hydrolysis) is 1. The Labute approximate surface area is 165 Å². The third-order valence-electron chi connectivity index (χ3n) is 4.38. The first kappa shape index (κ1) is 19.9. The monoisotopic (exact) mass is 397 g/mol. The summed E-state index contributed by atoms with van der Waals surface area (Å²) in [5.41, 5.74) is 2.05. The van der Waals surface area contributed by atoms with Gasteiger partial charge in [-0.25, -0.2) is 9.59 Å². The van der Waals surface area contributed by atoms with Crippen molar-refractivity contribution in [3.05, 3.63) is 76.0 Å². The molecule has 0 bridgehead atoms. The van der Waals surface area contributed by atoms with E-state index in [4.69, 9.17) is 9.47 Å². The number of hydrogen-bond donors (Lipinski definition) is 2. The highest BCUT2D eigenvalue weighted by Crippen LogP contribution is 2.24. The Morgan fingerprint density at radius 3 is 2.66 bits per heavy atom. The number of nitrogens with one attached hydrogen (secondary N) is 2. The van der Waals surface area contributed by atoms with Gasteiger partial charge in [-0.1, -0.05) is 30.3 Å². The number of carbonyl (C=O) groups is 2. The van der Waals surface area contributed by atoms with Crippen LogP contribution in [0.15, 0.2) is 54.7 Å². The van der Waals surface area contributed by atoms with Crippen molar-refractivity contribution in [3.8, 4) is 0 Å². The molecule has 0 aliphatic carbocycles. The Kier molecular flexibility index (Phi) is 6.08. The molecule has 1 amide bonds. The van der Waals surface area contributed by atoms with E-state index in [0.717, 1.165) is 5.56 Å². The Balaban J connectivity index is 1.73. The van der Waals surface area contributed by atoms with Gasteiger partial charge in [0.1, 0.15) is 12.6 Å². The number of H-pyrrole nitrogens is 1. The molecule has 0 aliphatic heterocycles. The average Bonchev–Trinajstić information content (AvgIpc) is 3.14. The SMILES string of the molecule is COC(=O)C(Cc1c[nH]c2ccc([N+](=O)[O-])cc12)NC(=O)OCc1ccccc1. The number of methoxy groups -OCH3 is 1. The van der Waals surface area contributed by atoms with Gasteiger partial charge in [0.05, 0.1) is 12.0 Å². The first-order chi connectivity index (χ1) is 14.0. The number of benzene rings is 2. The zero-order chi connectivity index (χ0) is 20.8. The van der Waals surface area contributed by atoms with Crippen LogP contribution in [-0.4, -0.2) is 35.1 Å². The normalized spacial score (nSPS) is 11.6. The number of amides is 1. The summed E-state index contributed by atoms with van der Waals surface area (Å²) in [5.74, 6) is -0.651. The van der Waals surface area contributed by atoms with Crippen molar-refractivity contribution >= 4 is 28.7 Å².